The summed E-state index contributed by atoms with van der Waals surface area (Å²) in [6.07, 6.45) is 1.02. The van der Waals surface area contributed by atoms with Gasteiger partial charge in [-0.2, -0.15) is 0 Å². The second-order valence-electron chi connectivity index (χ2n) is 4.96. The molecule has 24 heavy (non-hydrogen) atoms. The minimum atomic E-state index is -0.925. The molecular weight excluding hydrogens is 331 g/mol. The number of rotatable bonds is 5. The first-order valence-electron chi connectivity index (χ1n) is 7.16. The predicted molar refractivity (Wildman–Crippen MR) is 91.2 cm³/mol. The smallest absolute Gasteiger partial charge is 0.313 e. The molecule has 7 heteroatoms. The molecule has 0 heterocycles. The maximum Gasteiger partial charge on any atom is 0.313 e. The van der Waals surface area contributed by atoms with Gasteiger partial charge in [-0.3, -0.25) is 9.59 Å². The summed E-state index contributed by atoms with van der Waals surface area (Å²) in [6, 6.07) is 12.5. The molecule has 0 fully saturated rings. The average Bonchev–Trinajstić information content (AvgIpc) is 2.59. The Hall–Kier alpha value is -2.38. The lowest BCUT2D eigenvalue weighted by atomic mass is 10.1. The molecule has 0 bridgehead atoms. The lowest BCUT2D eigenvalue weighted by molar-refractivity contribution is -0.136. The number of nitrogens with one attached hydrogen (secondary N) is 2. The number of amides is 2. The van der Waals surface area contributed by atoms with Crippen molar-refractivity contribution in [1.29, 1.82) is 0 Å². The molecule has 0 saturated heterocycles. The zero-order valence-electron chi connectivity index (χ0n) is 13.0. The Balaban J connectivity index is 1.86. The van der Waals surface area contributed by atoms with E-state index in [2.05, 4.69) is 10.6 Å². The molecule has 0 aliphatic carbocycles. The van der Waals surface area contributed by atoms with Crippen molar-refractivity contribution in [2.24, 2.45) is 0 Å². The molecule has 2 rings (SSSR count). The van der Waals surface area contributed by atoms with Crippen LogP contribution in [0.15, 0.2) is 53.4 Å². The largest absolute Gasteiger partial charge is 0.387 e. The van der Waals surface area contributed by atoms with Gasteiger partial charge in [0, 0.05) is 17.1 Å². The van der Waals surface area contributed by atoms with E-state index in [4.69, 9.17) is 0 Å². The van der Waals surface area contributed by atoms with E-state index in [1.165, 1.54) is 18.2 Å². The Bertz CT molecular complexity index is 722. The minimum Gasteiger partial charge on any atom is -0.387 e. The standard InChI is InChI=1S/C17H17FN2O3S/c1-24-14-7-5-11(6-8-14)15(21)10-19-16(22)17(23)20-13-4-2-3-12(18)9-13/h2-9,15,21H,10H2,1H3,(H,19,22)(H,20,23). The topological polar surface area (TPSA) is 78.4 Å². The first kappa shape index (κ1) is 18.0. The van der Waals surface area contributed by atoms with Gasteiger partial charge in [0.1, 0.15) is 5.82 Å². The molecule has 0 spiro atoms. The van der Waals surface area contributed by atoms with E-state index in [1.54, 1.807) is 23.9 Å². The molecule has 0 aliphatic rings. The summed E-state index contributed by atoms with van der Waals surface area (Å²) >= 11 is 1.58. The van der Waals surface area contributed by atoms with E-state index in [-0.39, 0.29) is 12.2 Å². The van der Waals surface area contributed by atoms with Crippen molar-refractivity contribution in [2.45, 2.75) is 11.0 Å². The highest BCUT2D eigenvalue weighted by Gasteiger charge is 2.16. The number of halogens is 1. The molecule has 2 amide bonds. The molecule has 2 aromatic carbocycles. The van der Waals surface area contributed by atoms with Crippen LogP contribution in [0.1, 0.15) is 11.7 Å². The van der Waals surface area contributed by atoms with Crippen LogP contribution in [0.2, 0.25) is 0 Å². The summed E-state index contributed by atoms with van der Waals surface area (Å²) in [7, 11) is 0. The summed E-state index contributed by atoms with van der Waals surface area (Å²) in [6.45, 7) is -0.103. The molecule has 0 radical (unpaired) electrons. The van der Waals surface area contributed by atoms with Gasteiger partial charge in [-0.05, 0) is 42.2 Å². The van der Waals surface area contributed by atoms with Gasteiger partial charge < -0.3 is 15.7 Å². The second-order valence-corrected chi connectivity index (χ2v) is 5.84. The fraction of sp³-hybridized carbons (Fsp3) is 0.176. The van der Waals surface area contributed by atoms with Gasteiger partial charge in [-0.25, -0.2) is 4.39 Å². The van der Waals surface area contributed by atoms with Crippen molar-refractivity contribution in [3.8, 4) is 0 Å². The first-order chi connectivity index (χ1) is 11.5. The van der Waals surface area contributed by atoms with Crippen molar-refractivity contribution in [2.75, 3.05) is 18.1 Å². The molecule has 2 aromatic rings. The molecule has 126 valence electrons. The Kier molecular flexibility index (Phi) is 6.34. The molecule has 3 N–H and O–H groups in total. The molecule has 0 saturated carbocycles. The van der Waals surface area contributed by atoms with Crippen LogP contribution >= 0.6 is 11.8 Å². The maximum absolute atomic E-state index is 13.0. The van der Waals surface area contributed by atoms with E-state index in [1.807, 2.05) is 18.4 Å². The highest BCUT2D eigenvalue weighted by molar-refractivity contribution is 7.98. The molecular formula is C17H17FN2O3S. The number of aliphatic hydroxyl groups is 1. The van der Waals surface area contributed by atoms with Gasteiger partial charge in [-0.15, -0.1) is 11.8 Å². The molecule has 1 unspecified atom stereocenters. The monoisotopic (exact) mass is 348 g/mol. The quantitative estimate of drug-likeness (QED) is 0.572. The normalized spacial score (nSPS) is 11.6. The summed E-state index contributed by atoms with van der Waals surface area (Å²) in [4.78, 5) is 24.5. The van der Waals surface area contributed by atoms with E-state index >= 15 is 0 Å². The Labute approximate surface area is 143 Å². The highest BCUT2D eigenvalue weighted by atomic mass is 32.2. The molecule has 5 nitrogen and oxygen atoms in total. The Morgan fingerprint density at radius 2 is 1.88 bits per heavy atom. The van der Waals surface area contributed by atoms with E-state index in [0.29, 0.717) is 5.56 Å². The molecule has 1 atom stereocenters. The van der Waals surface area contributed by atoms with Crippen LogP contribution in [0.5, 0.6) is 0 Å². The summed E-state index contributed by atoms with van der Waals surface area (Å²) in [5.41, 5.74) is 0.821. The summed E-state index contributed by atoms with van der Waals surface area (Å²) < 4.78 is 13.0. The van der Waals surface area contributed by atoms with E-state index in [9.17, 15) is 19.1 Å². The van der Waals surface area contributed by atoms with Crippen molar-refractivity contribution >= 4 is 29.3 Å². The fourth-order valence-electron chi connectivity index (χ4n) is 1.97. The van der Waals surface area contributed by atoms with Crippen molar-refractivity contribution in [1.82, 2.24) is 5.32 Å². The van der Waals surface area contributed by atoms with Gasteiger partial charge in [0.25, 0.3) is 0 Å². The van der Waals surface area contributed by atoms with Crippen LogP contribution in [0.4, 0.5) is 10.1 Å². The average molecular weight is 348 g/mol. The number of benzene rings is 2. The van der Waals surface area contributed by atoms with E-state index < -0.39 is 23.7 Å². The summed E-state index contributed by atoms with van der Waals surface area (Å²) in [5, 5.41) is 14.7. The molecule has 0 aliphatic heterocycles. The van der Waals surface area contributed by atoms with Gasteiger partial charge in [0.2, 0.25) is 0 Å². The lowest BCUT2D eigenvalue weighted by Crippen LogP contribution is -2.37. The van der Waals surface area contributed by atoms with Crippen molar-refractivity contribution in [3.05, 3.63) is 59.9 Å². The number of anilines is 1. The van der Waals surface area contributed by atoms with Crippen molar-refractivity contribution < 1.29 is 19.1 Å². The number of carbonyl (C=O) groups is 2. The number of thioether (sulfide) groups is 1. The van der Waals surface area contributed by atoms with Gasteiger partial charge >= 0.3 is 11.8 Å². The summed E-state index contributed by atoms with van der Waals surface area (Å²) in [5.74, 6) is -2.35. The highest BCUT2D eigenvalue weighted by Crippen LogP contribution is 2.18. The first-order valence-corrected chi connectivity index (χ1v) is 8.39. The SMILES string of the molecule is CSc1ccc(C(O)CNC(=O)C(=O)Nc2cccc(F)c2)cc1. The third-order valence-electron chi connectivity index (χ3n) is 3.25. The zero-order valence-corrected chi connectivity index (χ0v) is 13.8. The van der Waals surface area contributed by atoms with Crippen LogP contribution in [0.3, 0.4) is 0 Å². The van der Waals surface area contributed by atoms with Crippen LogP contribution in [-0.2, 0) is 9.59 Å². The van der Waals surface area contributed by atoms with Crippen LogP contribution < -0.4 is 10.6 Å². The fourth-order valence-corrected chi connectivity index (χ4v) is 2.38. The van der Waals surface area contributed by atoms with Crippen molar-refractivity contribution in [3.63, 3.8) is 0 Å². The number of hydrogen-bond acceptors (Lipinski definition) is 4. The predicted octanol–water partition coefficient (Wildman–Crippen LogP) is 2.34. The van der Waals surface area contributed by atoms with Crippen LogP contribution in [0.25, 0.3) is 0 Å². The third kappa shape index (κ3) is 5.07. The van der Waals surface area contributed by atoms with Crippen LogP contribution in [0, 0.1) is 5.82 Å². The van der Waals surface area contributed by atoms with Gasteiger partial charge in [0.05, 0.1) is 6.10 Å². The number of carbonyl (C=O) groups excluding carboxylic acids is 2. The number of aliphatic hydroxyl groups excluding tert-OH is 1. The minimum absolute atomic E-state index is 0.103. The Morgan fingerprint density at radius 1 is 1.17 bits per heavy atom. The maximum atomic E-state index is 13.0. The zero-order chi connectivity index (χ0) is 17.5. The third-order valence-corrected chi connectivity index (χ3v) is 3.99. The number of hydrogen-bond donors (Lipinski definition) is 3. The lowest BCUT2D eigenvalue weighted by Gasteiger charge is -2.12. The van der Waals surface area contributed by atoms with Gasteiger partial charge in [0.15, 0.2) is 0 Å². The molecule has 0 aromatic heterocycles. The van der Waals surface area contributed by atoms with Gasteiger partial charge in [-0.1, -0.05) is 18.2 Å². The Morgan fingerprint density at radius 3 is 2.50 bits per heavy atom. The van der Waals surface area contributed by atoms with Crippen LogP contribution in [-0.4, -0.2) is 29.7 Å². The second kappa shape index (κ2) is 8.47. The van der Waals surface area contributed by atoms with E-state index in [0.717, 1.165) is 11.0 Å².